The summed E-state index contributed by atoms with van der Waals surface area (Å²) < 4.78 is 0.859. The van der Waals surface area contributed by atoms with Gasteiger partial charge in [0.1, 0.15) is 4.32 Å². The number of rotatable bonds is 3. The van der Waals surface area contributed by atoms with Crippen molar-refractivity contribution in [1.82, 2.24) is 5.32 Å². The highest BCUT2D eigenvalue weighted by atomic mass is 32.2. The smallest absolute Gasteiger partial charge is 0.133 e. The molecule has 0 saturated heterocycles. The first-order valence-electron chi connectivity index (χ1n) is 5.04. The molecule has 1 N–H and O–H groups in total. The van der Waals surface area contributed by atoms with Crippen LogP contribution in [0.25, 0.3) is 0 Å². The molecule has 1 atom stereocenters. The van der Waals surface area contributed by atoms with Gasteiger partial charge in [-0.3, -0.25) is 0 Å². The number of benzene rings is 1. The summed E-state index contributed by atoms with van der Waals surface area (Å²) in [6.07, 6.45) is 2.00. The Bertz CT molecular complexity index is 309. The third-order valence-corrected chi connectivity index (χ3v) is 3.39. The van der Waals surface area contributed by atoms with Crippen LogP contribution in [0.5, 0.6) is 0 Å². The van der Waals surface area contributed by atoms with Gasteiger partial charge in [-0.1, -0.05) is 56.4 Å². The lowest BCUT2D eigenvalue weighted by molar-refractivity contribution is 0.476. The first kappa shape index (κ1) is 12.5. The van der Waals surface area contributed by atoms with Crippen molar-refractivity contribution in [1.29, 1.82) is 0 Å². The van der Waals surface area contributed by atoms with Crippen molar-refractivity contribution in [3.8, 4) is 0 Å². The van der Waals surface area contributed by atoms with Gasteiger partial charge in [-0.05, 0) is 17.7 Å². The van der Waals surface area contributed by atoms with E-state index in [4.69, 9.17) is 12.2 Å². The maximum Gasteiger partial charge on any atom is 0.133 e. The van der Waals surface area contributed by atoms with Gasteiger partial charge in [0, 0.05) is 0 Å². The Labute approximate surface area is 102 Å². The van der Waals surface area contributed by atoms with Gasteiger partial charge in [-0.15, -0.1) is 11.8 Å². The zero-order chi connectivity index (χ0) is 11.3. The molecule has 0 spiro atoms. The molecule has 1 unspecified atom stereocenters. The molecule has 0 amide bonds. The van der Waals surface area contributed by atoms with Gasteiger partial charge in [0.25, 0.3) is 0 Å². The Morgan fingerprint density at radius 3 is 2.33 bits per heavy atom. The fourth-order valence-electron chi connectivity index (χ4n) is 1.48. The Balaban J connectivity index is 2.79. The summed E-state index contributed by atoms with van der Waals surface area (Å²) in [6.45, 7) is 4.40. The Kier molecular flexibility index (Phi) is 5.12. The van der Waals surface area contributed by atoms with Gasteiger partial charge in [0.05, 0.1) is 6.04 Å². The molecule has 0 radical (unpaired) electrons. The van der Waals surface area contributed by atoms with Gasteiger partial charge in [-0.25, -0.2) is 0 Å². The van der Waals surface area contributed by atoms with Crippen molar-refractivity contribution in [3.63, 3.8) is 0 Å². The zero-order valence-electron chi connectivity index (χ0n) is 9.36. The van der Waals surface area contributed by atoms with E-state index in [9.17, 15) is 0 Å². The fourth-order valence-corrected chi connectivity index (χ4v) is 1.85. The van der Waals surface area contributed by atoms with Crippen LogP contribution in [0.3, 0.4) is 0 Å². The summed E-state index contributed by atoms with van der Waals surface area (Å²) in [7, 11) is 0. The van der Waals surface area contributed by atoms with E-state index >= 15 is 0 Å². The monoisotopic (exact) mass is 239 g/mol. The maximum absolute atomic E-state index is 5.20. The minimum absolute atomic E-state index is 0.311. The highest BCUT2D eigenvalue weighted by Gasteiger charge is 2.15. The molecule has 0 aliphatic carbocycles. The van der Waals surface area contributed by atoms with Crippen molar-refractivity contribution >= 4 is 28.3 Å². The SMILES string of the molecule is CSC(=S)NC(c1ccccc1)C(C)C. The van der Waals surface area contributed by atoms with Crippen LogP contribution in [0.4, 0.5) is 0 Å². The van der Waals surface area contributed by atoms with Crippen molar-refractivity contribution < 1.29 is 0 Å². The summed E-state index contributed by atoms with van der Waals surface area (Å²) >= 11 is 6.79. The minimum atomic E-state index is 0.311. The average molecular weight is 239 g/mol. The van der Waals surface area contributed by atoms with Crippen molar-refractivity contribution in [2.45, 2.75) is 19.9 Å². The molecule has 0 aromatic heterocycles. The normalized spacial score (nSPS) is 12.5. The maximum atomic E-state index is 5.20. The van der Waals surface area contributed by atoms with E-state index < -0.39 is 0 Å². The quantitative estimate of drug-likeness (QED) is 0.809. The number of hydrogen-bond donors (Lipinski definition) is 1. The number of thiocarbonyl (C=S) groups is 1. The molecule has 15 heavy (non-hydrogen) atoms. The van der Waals surface area contributed by atoms with E-state index in [0.29, 0.717) is 12.0 Å². The second-order valence-electron chi connectivity index (χ2n) is 3.77. The van der Waals surface area contributed by atoms with Gasteiger partial charge in [0.15, 0.2) is 0 Å². The van der Waals surface area contributed by atoms with Crippen LogP contribution in [0.15, 0.2) is 30.3 Å². The first-order chi connectivity index (χ1) is 7.15. The molecule has 82 valence electrons. The van der Waals surface area contributed by atoms with Crippen LogP contribution in [-0.4, -0.2) is 10.6 Å². The second kappa shape index (κ2) is 6.13. The largest absolute Gasteiger partial charge is 0.364 e. The lowest BCUT2D eigenvalue weighted by Crippen LogP contribution is -2.28. The molecule has 0 fully saturated rings. The molecule has 0 aliphatic heterocycles. The van der Waals surface area contributed by atoms with Crippen LogP contribution in [0, 0.1) is 5.92 Å². The van der Waals surface area contributed by atoms with Crippen molar-refractivity contribution in [2.75, 3.05) is 6.26 Å². The van der Waals surface area contributed by atoms with E-state index in [0.717, 1.165) is 4.32 Å². The summed E-state index contributed by atoms with van der Waals surface area (Å²) in [5.41, 5.74) is 1.30. The molecule has 1 rings (SSSR count). The highest BCUT2D eigenvalue weighted by Crippen LogP contribution is 2.22. The Morgan fingerprint density at radius 2 is 1.87 bits per heavy atom. The van der Waals surface area contributed by atoms with Crippen LogP contribution >= 0.6 is 24.0 Å². The average Bonchev–Trinajstić information content (AvgIpc) is 2.26. The molecule has 3 heteroatoms. The van der Waals surface area contributed by atoms with E-state index in [2.05, 4.69) is 43.4 Å². The predicted molar refractivity (Wildman–Crippen MR) is 73.3 cm³/mol. The van der Waals surface area contributed by atoms with E-state index in [1.807, 2.05) is 12.3 Å². The third kappa shape index (κ3) is 3.84. The first-order valence-corrected chi connectivity index (χ1v) is 6.68. The summed E-state index contributed by atoms with van der Waals surface area (Å²) in [5, 5.41) is 3.38. The summed E-state index contributed by atoms with van der Waals surface area (Å²) in [4.78, 5) is 0. The van der Waals surface area contributed by atoms with Gasteiger partial charge in [-0.2, -0.15) is 0 Å². The second-order valence-corrected chi connectivity index (χ2v) is 5.25. The Morgan fingerprint density at radius 1 is 1.27 bits per heavy atom. The lowest BCUT2D eigenvalue weighted by Gasteiger charge is -2.23. The zero-order valence-corrected chi connectivity index (χ0v) is 11.0. The molecule has 0 aliphatic rings. The molecule has 0 heterocycles. The Hall–Kier alpha value is -0.540. The minimum Gasteiger partial charge on any atom is -0.364 e. The molecular weight excluding hydrogens is 222 g/mol. The molecule has 0 saturated carbocycles. The van der Waals surface area contributed by atoms with E-state index in [1.165, 1.54) is 5.56 Å². The van der Waals surface area contributed by atoms with E-state index in [1.54, 1.807) is 11.8 Å². The van der Waals surface area contributed by atoms with Gasteiger partial charge >= 0.3 is 0 Å². The topological polar surface area (TPSA) is 12.0 Å². The molecular formula is C12H17NS2. The standard InChI is InChI=1S/C12H17NS2/c1-9(2)11(13-12(14)15-3)10-7-5-4-6-8-10/h4-9,11H,1-3H3,(H,13,14). The predicted octanol–water partition coefficient (Wildman–Crippen LogP) is 3.62. The fraction of sp³-hybridized carbons (Fsp3) is 0.417. The molecule has 1 nitrogen and oxygen atoms in total. The van der Waals surface area contributed by atoms with Crippen LogP contribution in [0.2, 0.25) is 0 Å². The van der Waals surface area contributed by atoms with Crippen molar-refractivity contribution in [2.24, 2.45) is 5.92 Å². The van der Waals surface area contributed by atoms with Crippen molar-refractivity contribution in [3.05, 3.63) is 35.9 Å². The third-order valence-electron chi connectivity index (χ3n) is 2.28. The number of hydrogen-bond acceptors (Lipinski definition) is 2. The van der Waals surface area contributed by atoms with Crippen LogP contribution in [-0.2, 0) is 0 Å². The lowest BCUT2D eigenvalue weighted by atomic mass is 9.96. The highest BCUT2D eigenvalue weighted by molar-refractivity contribution is 8.22. The van der Waals surface area contributed by atoms with E-state index in [-0.39, 0.29) is 0 Å². The number of thioether (sulfide) groups is 1. The van der Waals surface area contributed by atoms with Crippen LogP contribution in [0.1, 0.15) is 25.5 Å². The van der Waals surface area contributed by atoms with Gasteiger partial charge < -0.3 is 5.32 Å². The molecule has 0 bridgehead atoms. The molecule has 1 aromatic rings. The molecule has 1 aromatic carbocycles. The summed E-state index contributed by atoms with van der Waals surface area (Å²) in [5.74, 6) is 0.525. The number of nitrogens with one attached hydrogen (secondary N) is 1. The summed E-state index contributed by atoms with van der Waals surface area (Å²) in [6, 6.07) is 10.8. The van der Waals surface area contributed by atoms with Crippen LogP contribution < -0.4 is 5.32 Å². The van der Waals surface area contributed by atoms with Gasteiger partial charge in [0.2, 0.25) is 0 Å².